The highest BCUT2D eigenvalue weighted by Gasteiger charge is 2.35. The van der Waals surface area contributed by atoms with Crippen molar-refractivity contribution in [1.82, 2.24) is 0 Å². The quantitative estimate of drug-likeness (QED) is 0.756. The van der Waals surface area contributed by atoms with E-state index < -0.39 is 31.6 Å². The third-order valence-corrected chi connectivity index (χ3v) is 3.44. The summed E-state index contributed by atoms with van der Waals surface area (Å²) in [5, 5.41) is 8.70. The minimum absolute atomic E-state index is 0.0439. The summed E-state index contributed by atoms with van der Waals surface area (Å²) in [6.07, 6.45) is -5.11. The van der Waals surface area contributed by atoms with Gasteiger partial charge in [-0.15, -0.1) is 13.2 Å². The Kier molecular flexibility index (Phi) is 4.15. The summed E-state index contributed by atoms with van der Waals surface area (Å²) in [7, 11) is 0.426. The Morgan fingerprint density at radius 1 is 1.39 bits per heavy atom. The Morgan fingerprint density at radius 2 is 1.94 bits per heavy atom. The van der Waals surface area contributed by atoms with E-state index in [2.05, 4.69) is 20.7 Å². The maximum Gasteiger partial charge on any atom is 0.573 e. The zero-order valence-electron chi connectivity index (χ0n) is 8.12. The first kappa shape index (κ1) is 15.1. The second kappa shape index (κ2) is 4.95. The van der Waals surface area contributed by atoms with Crippen molar-refractivity contribution in [2.45, 2.75) is 11.3 Å². The maximum atomic E-state index is 12.1. The Morgan fingerprint density at radius 3 is 2.33 bits per heavy atom. The minimum Gasteiger partial charge on any atom is -0.404 e. The molecule has 0 aliphatic heterocycles. The van der Waals surface area contributed by atoms with Gasteiger partial charge in [0.05, 0.1) is 5.56 Å². The number of nitriles is 1. The molecule has 0 heterocycles. The number of alkyl halides is 3. The molecular weight excluding hydrogens is 363 g/mol. The van der Waals surface area contributed by atoms with Crippen LogP contribution in [-0.2, 0) is 9.05 Å². The van der Waals surface area contributed by atoms with Gasteiger partial charge >= 0.3 is 6.36 Å². The number of nitrogens with zero attached hydrogens (tertiary/aromatic N) is 1. The molecule has 1 aromatic rings. The summed E-state index contributed by atoms with van der Waals surface area (Å²) >= 11 is 2.83. The van der Waals surface area contributed by atoms with Crippen molar-refractivity contribution >= 4 is 35.7 Å². The molecule has 1 aromatic carbocycles. The van der Waals surface area contributed by atoms with E-state index in [0.717, 1.165) is 12.1 Å². The highest BCUT2D eigenvalue weighted by atomic mass is 79.9. The van der Waals surface area contributed by atoms with Gasteiger partial charge < -0.3 is 4.74 Å². The summed E-state index contributed by atoms with van der Waals surface area (Å²) in [5.74, 6) is -1.07. The smallest absolute Gasteiger partial charge is 0.404 e. The molecule has 0 radical (unpaired) electrons. The fourth-order valence-corrected chi connectivity index (χ4v) is 2.73. The Balaban J connectivity index is 3.60. The number of halogens is 5. The van der Waals surface area contributed by atoms with Gasteiger partial charge in [-0.3, -0.25) is 0 Å². The van der Waals surface area contributed by atoms with Gasteiger partial charge in [-0.2, -0.15) is 5.26 Å². The predicted octanol–water partition coefficient (Wildman–Crippen LogP) is 3.15. The van der Waals surface area contributed by atoms with Gasteiger partial charge in [0, 0.05) is 15.2 Å². The van der Waals surface area contributed by atoms with Crippen LogP contribution in [0.15, 0.2) is 21.5 Å². The lowest BCUT2D eigenvalue weighted by Crippen LogP contribution is -2.19. The highest BCUT2D eigenvalue weighted by Crippen LogP contribution is 2.36. The van der Waals surface area contributed by atoms with E-state index in [1.807, 2.05) is 0 Å². The molecule has 4 nitrogen and oxygen atoms in total. The van der Waals surface area contributed by atoms with Crippen molar-refractivity contribution in [3.05, 3.63) is 22.2 Å². The van der Waals surface area contributed by atoms with Crippen LogP contribution < -0.4 is 4.74 Å². The standard InChI is InChI=1S/C8H2BrClF3NO3S/c9-5-1-4(3-14)7(18(10,15)16)6(2-5)17-8(11,12)13/h1-2H. The molecule has 10 heteroatoms. The summed E-state index contributed by atoms with van der Waals surface area (Å²) in [6, 6.07) is 3.19. The first-order valence-electron chi connectivity index (χ1n) is 3.98. The first-order valence-corrected chi connectivity index (χ1v) is 7.09. The number of benzene rings is 1. The second-order valence-corrected chi connectivity index (χ2v) is 6.30. The Hall–Kier alpha value is -0.980. The first-order chi connectivity index (χ1) is 8.04. The van der Waals surface area contributed by atoms with E-state index in [1.54, 1.807) is 0 Å². The SMILES string of the molecule is N#Cc1cc(Br)cc(OC(F)(F)F)c1S(=O)(=O)Cl. The molecule has 0 bridgehead atoms. The number of hydrogen-bond donors (Lipinski definition) is 0. The molecule has 0 fully saturated rings. The fourth-order valence-electron chi connectivity index (χ4n) is 1.10. The van der Waals surface area contributed by atoms with Gasteiger partial charge in [0.25, 0.3) is 9.05 Å². The molecule has 0 N–H and O–H groups in total. The van der Waals surface area contributed by atoms with E-state index >= 15 is 0 Å². The van der Waals surface area contributed by atoms with Crippen LogP contribution in [-0.4, -0.2) is 14.8 Å². The summed E-state index contributed by atoms with van der Waals surface area (Å²) < 4.78 is 62.3. The zero-order valence-corrected chi connectivity index (χ0v) is 11.3. The van der Waals surface area contributed by atoms with Crippen LogP contribution in [0.1, 0.15) is 5.56 Å². The van der Waals surface area contributed by atoms with Crippen molar-refractivity contribution in [2.75, 3.05) is 0 Å². The van der Waals surface area contributed by atoms with Gasteiger partial charge in [-0.25, -0.2) is 8.42 Å². The fraction of sp³-hybridized carbons (Fsp3) is 0.125. The average Bonchev–Trinajstić information content (AvgIpc) is 2.11. The van der Waals surface area contributed by atoms with Crippen LogP contribution in [0.2, 0.25) is 0 Å². The van der Waals surface area contributed by atoms with Crippen LogP contribution >= 0.6 is 26.6 Å². The lowest BCUT2D eigenvalue weighted by atomic mass is 10.2. The summed E-state index contributed by atoms with van der Waals surface area (Å²) in [4.78, 5) is -1.02. The third kappa shape index (κ3) is 3.76. The normalized spacial score (nSPS) is 12.0. The molecule has 98 valence electrons. The van der Waals surface area contributed by atoms with E-state index in [-0.39, 0.29) is 4.47 Å². The van der Waals surface area contributed by atoms with E-state index in [4.69, 9.17) is 15.9 Å². The van der Waals surface area contributed by atoms with Crippen LogP contribution in [0.5, 0.6) is 5.75 Å². The van der Waals surface area contributed by atoms with E-state index in [0.29, 0.717) is 0 Å². The Bertz CT molecular complexity index is 624. The monoisotopic (exact) mass is 363 g/mol. The summed E-state index contributed by atoms with van der Waals surface area (Å²) in [5.41, 5.74) is -0.557. The number of hydrogen-bond acceptors (Lipinski definition) is 4. The van der Waals surface area contributed by atoms with Gasteiger partial charge in [0.2, 0.25) is 0 Å². The molecule has 18 heavy (non-hydrogen) atoms. The number of rotatable bonds is 2. The van der Waals surface area contributed by atoms with E-state index in [1.165, 1.54) is 6.07 Å². The summed E-state index contributed by atoms with van der Waals surface area (Å²) in [6.45, 7) is 0. The van der Waals surface area contributed by atoms with Crippen molar-refractivity contribution < 1.29 is 26.3 Å². The molecule has 0 aliphatic rings. The highest BCUT2D eigenvalue weighted by molar-refractivity contribution is 9.10. The molecule has 1 rings (SSSR count). The van der Waals surface area contributed by atoms with Crippen molar-refractivity contribution in [2.24, 2.45) is 0 Å². The average molecular weight is 365 g/mol. The van der Waals surface area contributed by atoms with Gasteiger partial charge in [-0.1, -0.05) is 15.9 Å². The lowest BCUT2D eigenvalue weighted by molar-refractivity contribution is -0.275. The molecule has 0 unspecified atom stereocenters. The molecule has 0 aromatic heterocycles. The van der Waals surface area contributed by atoms with Crippen LogP contribution in [0, 0.1) is 11.3 Å². The molecule has 0 spiro atoms. The topological polar surface area (TPSA) is 67.2 Å². The van der Waals surface area contributed by atoms with Crippen molar-refractivity contribution in [3.8, 4) is 11.8 Å². The molecule has 0 aliphatic carbocycles. The molecule has 0 saturated heterocycles. The number of ether oxygens (including phenoxy) is 1. The van der Waals surface area contributed by atoms with Crippen molar-refractivity contribution in [3.63, 3.8) is 0 Å². The van der Waals surface area contributed by atoms with Crippen LogP contribution in [0.3, 0.4) is 0 Å². The van der Waals surface area contributed by atoms with Crippen LogP contribution in [0.4, 0.5) is 13.2 Å². The molecule has 0 amide bonds. The molecule has 0 saturated carbocycles. The zero-order chi connectivity index (χ0) is 14.1. The molecular formula is C8H2BrClF3NO3S. The Labute approximate surface area is 112 Å². The predicted molar refractivity (Wildman–Crippen MR) is 58.6 cm³/mol. The maximum absolute atomic E-state index is 12.1. The largest absolute Gasteiger partial charge is 0.573 e. The van der Waals surface area contributed by atoms with Gasteiger partial charge in [0.1, 0.15) is 11.0 Å². The lowest BCUT2D eigenvalue weighted by Gasteiger charge is -2.13. The van der Waals surface area contributed by atoms with Gasteiger partial charge in [-0.05, 0) is 12.1 Å². The van der Waals surface area contributed by atoms with Crippen LogP contribution in [0.25, 0.3) is 0 Å². The third-order valence-electron chi connectivity index (χ3n) is 1.61. The van der Waals surface area contributed by atoms with E-state index in [9.17, 15) is 21.6 Å². The molecule has 0 atom stereocenters. The van der Waals surface area contributed by atoms with Gasteiger partial charge in [0.15, 0.2) is 5.75 Å². The minimum atomic E-state index is -5.11. The van der Waals surface area contributed by atoms with Crippen molar-refractivity contribution in [1.29, 1.82) is 5.26 Å². The second-order valence-electron chi connectivity index (χ2n) is 2.88.